The Labute approximate surface area is 199 Å². The highest BCUT2D eigenvalue weighted by Gasteiger charge is 2.34. The molecular weight excluding hydrogens is 461 g/mol. The zero-order valence-electron chi connectivity index (χ0n) is 18.8. The highest BCUT2D eigenvalue weighted by molar-refractivity contribution is 6.00. The number of hydrogen-bond acceptors (Lipinski definition) is 3. The van der Waals surface area contributed by atoms with E-state index >= 15 is 0 Å². The van der Waals surface area contributed by atoms with E-state index < -0.39 is 41.8 Å². The van der Waals surface area contributed by atoms with E-state index in [1.54, 1.807) is 43.3 Å². The van der Waals surface area contributed by atoms with Crippen molar-refractivity contribution in [3.63, 3.8) is 0 Å². The lowest BCUT2D eigenvalue weighted by Gasteiger charge is -2.18. The molecule has 2 N–H and O–H groups in total. The first-order valence-corrected chi connectivity index (χ1v) is 10.8. The van der Waals surface area contributed by atoms with Gasteiger partial charge in [-0.25, -0.2) is 4.79 Å². The predicted molar refractivity (Wildman–Crippen MR) is 123 cm³/mol. The van der Waals surface area contributed by atoms with Crippen LogP contribution in [0, 0.1) is 12.8 Å². The van der Waals surface area contributed by atoms with Gasteiger partial charge < -0.3 is 10.2 Å². The largest absolute Gasteiger partial charge is 0.481 e. The highest BCUT2D eigenvalue weighted by atomic mass is 19.4. The van der Waals surface area contributed by atoms with Crippen LogP contribution in [0.4, 0.5) is 13.2 Å². The fourth-order valence-corrected chi connectivity index (χ4v) is 4.12. The summed E-state index contributed by atoms with van der Waals surface area (Å²) in [6.45, 7) is 1.77. The molecule has 182 valence electrons. The molecule has 5 nitrogen and oxygen atoms in total. The van der Waals surface area contributed by atoms with Gasteiger partial charge in [0.05, 0.1) is 11.1 Å². The summed E-state index contributed by atoms with van der Waals surface area (Å²) in [5.74, 6) is -3.64. The Balaban J connectivity index is 1.92. The number of Topliss-reactive ketones (excluding diaryl/α,β-unsaturated/α-hetero) is 1. The van der Waals surface area contributed by atoms with E-state index in [0.29, 0.717) is 11.1 Å². The summed E-state index contributed by atoms with van der Waals surface area (Å²) in [5, 5.41) is 18.8. The van der Waals surface area contributed by atoms with Crippen LogP contribution in [0.3, 0.4) is 0 Å². The van der Waals surface area contributed by atoms with E-state index in [1.165, 1.54) is 24.3 Å². The maximum atomic E-state index is 13.4. The number of ketones is 1. The van der Waals surface area contributed by atoms with E-state index in [1.807, 2.05) is 0 Å². The molecule has 0 aliphatic rings. The van der Waals surface area contributed by atoms with Crippen LogP contribution in [-0.4, -0.2) is 27.9 Å². The molecule has 0 aliphatic heterocycles. The SMILES string of the molecule is Cc1ccc(C(=O)C[C@@H](CC(=O)O)Cc2ccccc2C(F)(F)F)cc1-c1ccccc1C(=O)O. The van der Waals surface area contributed by atoms with E-state index in [2.05, 4.69) is 0 Å². The predicted octanol–water partition coefficient (Wildman–Crippen LogP) is 6.29. The Morgan fingerprint density at radius 3 is 2.17 bits per heavy atom. The van der Waals surface area contributed by atoms with Gasteiger partial charge in [0, 0.05) is 18.4 Å². The Bertz CT molecular complexity index is 1260. The molecule has 0 bridgehead atoms. The van der Waals surface area contributed by atoms with Crippen molar-refractivity contribution in [1.29, 1.82) is 0 Å². The summed E-state index contributed by atoms with van der Waals surface area (Å²) >= 11 is 0. The van der Waals surface area contributed by atoms with Crippen molar-refractivity contribution in [1.82, 2.24) is 0 Å². The lowest BCUT2D eigenvalue weighted by atomic mass is 9.86. The fraction of sp³-hybridized carbons (Fsp3) is 0.222. The average molecular weight is 484 g/mol. The minimum absolute atomic E-state index is 0.0627. The van der Waals surface area contributed by atoms with Crippen LogP contribution in [0.15, 0.2) is 66.7 Å². The molecule has 0 heterocycles. The van der Waals surface area contributed by atoms with Crippen molar-refractivity contribution in [2.45, 2.75) is 32.4 Å². The van der Waals surface area contributed by atoms with Gasteiger partial charge in [-0.2, -0.15) is 13.2 Å². The van der Waals surface area contributed by atoms with Crippen LogP contribution in [0.5, 0.6) is 0 Å². The number of benzene rings is 3. The van der Waals surface area contributed by atoms with E-state index in [9.17, 15) is 37.8 Å². The molecule has 0 saturated carbocycles. The normalized spacial score (nSPS) is 12.2. The zero-order valence-corrected chi connectivity index (χ0v) is 18.8. The summed E-state index contributed by atoms with van der Waals surface area (Å²) in [7, 11) is 0. The van der Waals surface area contributed by atoms with E-state index in [-0.39, 0.29) is 29.5 Å². The second-order valence-electron chi connectivity index (χ2n) is 8.33. The van der Waals surface area contributed by atoms with Crippen LogP contribution < -0.4 is 0 Å². The van der Waals surface area contributed by atoms with Gasteiger partial charge in [-0.15, -0.1) is 0 Å². The van der Waals surface area contributed by atoms with Gasteiger partial charge in [0.2, 0.25) is 0 Å². The number of alkyl halides is 3. The monoisotopic (exact) mass is 484 g/mol. The molecule has 0 fully saturated rings. The number of carboxylic acids is 2. The van der Waals surface area contributed by atoms with E-state index in [4.69, 9.17) is 0 Å². The first-order chi connectivity index (χ1) is 16.5. The fourth-order valence-electron chi connectivity index (χ4n) is 4.12. The molecule has 0 aliphatic carbocycles. The highest BCUT2D eigenvalue weighted by Crippen LogP contribution is 2.34. The zero-order chi connectivity index (χ0) is 25.8. The van der Waals surface area contributed by atoms with Crippen LogP contribution in [0.1, 0.15) is 50.2 Å². The Hall–Kier alpha value is -3.94. The topological polar surface area (TPSA) is 91.7 Å². The standard InChI is InChI=1S/C27H23F3O5/c1-16-10-11-19(15-22(16)20-7-3-4-8-21(20)26(34)35)24(31)13-17(14-25(32)33)12-18-6-2-5-9-23(18)27(28,29)30/h2-11,15,17H,12-14H2,1H3,(H,32,33)(H,34,35)/t17-/m0/s1. The van der Waals surface area contributed by atoms with Crippen molar-refractivity contribution in [3.8, 4) is 11.1 Å². The van der Waals surface area contributed by atoms with Crippen LogP contribution in [-0.2, 0) is 17.4 Å². The quantitative estimate of drug-likeness (QED) is 0.349. The average Bonchev–Trinajstić information content (AvgIpc) is 2.78. The summed E-state index contributed by atoms with van der Waals surface area (Å²) in [4.78, 5) is 36.1. The molecule has 3 rings (SSSR count). The summed E-state index contributed by atoms with van der Waals surface area (Å²) in [6, 6.07) is 16.0. The third-order valence-corrected chi connectivity index (χ3v) is 5.78. The summed E-state index contributed by atoms with van der Waals surface area (Å²) in [6.07, 6.45) is -5.58. The molecule has 3 aromatic carbocycles. The maximum Gasteiger partial charge on any atom is 0.416 e. The molecule has 0 unspecified atom stereocenters. The molecular formula is C27H23F3O5. The van der Waals surface area contributed by atoms with Gasteiger partial charge in [0.1, 0.15) is 0 Å². The molecule has 1 atom stereocenters. The second kappa shape index (κ2) is 10.5. The molecule has 35 heavy (non-hydrogen) atoms. The molecule has 0 radical (unpaired) electrons. The first-order valence-electron chi connectivity index (χ1n) is 10.8. The number of aromatic carboxylic acids is 1. The van der Waals surface area contributed by atoms with E-state index in [0.717, 1.165) is 11.6 Å². The van der Waals surface area contributed by atoms with Crippen molar-refractivity contribution in [3.05, 3.63) is 94.5 Å². The Kier molecular flexibility index (Phi) is 7.74. The number of aliphatic carboxylic acids is 1. The van der Waals surface area contributed by atoms with Gasteiger partial charge in [0.15, 0.2) is 5.78 Å². The third kappa shape index (κ3) is 6.35. The van der Waals surface area contributed by atoms with Crippen molar-refractivity contribution in [2.24, 2.45) is 5.92 Å². The lowest BCUT2D eigenvalue weighted by Crippen LogP contribution is -2.18. The van der Waals surface area contributed by atoms with Crippen LogP contribution >= 0.6 is 0 Å². The molecule has 3 aromatic rings. The number of rotatable bonds is 9. The minimum Gasteiger partial charge on any atom is -0.481 e. The van der Waals surface area contributed by atoms with Gasteiger partial charge in [-0.05, 0) is 59.7 Å². The third-order valence-electron chi connectivity index (χ3n) is 5.78. The summed E-state index contributed by atoms with van der Waals surface area (Å²) in [5.41, 5.74) is 1.05. The number of halogens is 3. The van der Waals surface area contributed by atoms with Gasteiger partial charge >= 0.3 is 18.1 Å². The number of aryl methyl sites for hydroxylation is 1. The Morgan fingerprint density at radius 2 is 1.51 bits per heavy atom. The van der Waals surface area contributed by atoms with Gasteiger partial charge in [-0.1, -0.05) is 48.5 Å². The number of carbonyl (C=O) groups is 3. The minimum atomic E-state index is -4.60. The Morgan fingerprint density at radius 1 is 0.857 bits per heavy atom. The number of carbonyl (C=O) groups excluding carboxylic acids is 1. The van der Waals surface area contributed by atoms with Crippen LogP contribution in [0.2, 0.25) is 0 Å². The molecule has 0 spiro atoms. The molecule has 0 amide bonds. The van der Waals surface area contributed by atoms with Crippen molar-refractivity contribution >= 4 is 17.7 Å². The van der Waals surface area contributed by atoms with Crippen molar-refractivity contribution in [2.75, 3.05) is 0 Å². The van der Waals surface area contributed by atoms with Crippen LogP contribution in [0.25, 0.3) is 11.1 Å². The maximum absolute atomic E-state index is 13.4. The van der Waals surface area contributed by atoms with Gasteiger partial charge in [0.25, 0.3) is 0 Å². The summed E-state index contributed by atoms with van der Waals surface area (Å²) < 4.78 is 40.2. The molecule has 0 aromatic heterocycles. The second-order valence-corrected chi connectivity index (χ2v) is 8.33. The number of carboxylic acid groups (broad SMARTS) is 2. The molecule has 0 saturated heterocycles. The molecule has 8 heteroatoms. The smallest absolute Gasteiger partial charge is 0.416 e. The first kappa shape index (κ1) is 25.7. The van der Waals surface area contributed by atoms with Gasteiger partial charge in [-0.3, -0.25) is 9.59 Å². The number of hydrogen-bond donors (Lipinski definition) is 2. The lowest BCUT2D eigenvalue weighted by molar-refractivity contribution is -0.138. The van der Waals surface area contributed by atoms with Crippen molar-refractivity contribution < 1.29 is 37.8 Å².